The lowest BCUT2D eigenvalue weighted by Crippen LogP contribution is -2.23. The number of anilines is 1. The predicted molar refractivity (Wildman–Crippen MR) is 133 cm³/mol. The standard InChI is InChI=1S/C26H20FN3O2S/c1-17-6-8-19(9-7-17)25(31)32-24-15-10-18-4-2-3-5-22(18)23(24)16-28-30-26(33)29-21-13-11-20(27)12-14-21/h2-16H,1H3,(H2,29,30,33)/b28-16+. The number of hydrogen-bond acceptors (Lipinski definition) is 4. The normalized spacial score (nSPS) is 10.8. The molecular weight excluding hydrogens is 437 g/mol. The van der Waals surface area contributed by atoms with Gasteiger partial charge in [-0.05, 0) is 72.4 Å². The Morgan fingerprint density at radius 1 is 0.970 bits per heavy atom. The number of benzene rings is 4. The summed E-state index contributed by atoms with van der Waals surface area (Å²) in [5, 5.41) is 9.21. The van der Waals surface area contributed by atoms with Crippen molar-refractivity contribution in [1.82, 2.24) is 5.43 Å². The number of halogens is 1. The quantitative estimate of drug-likeness (QED) is 0.130. The number of nitrogens with zero attached hydrogens (tertiary/aromatic N) is 1. The minimum atomic E-state index is -0.457. The highest BCUT2D eigenvalue weighted by Crippen LogP contribution is 2.27. The number of thiocarbonyl (C=S) groups is 1. The summed E-state index contributed by atoms with van der Waals surface area (Å²) in [6.45, 7) is 1.95. The van der Waals surface area contributed by atoms with Gasteiger partial charge in [0.1, 0.15) is 11.6 Å². The molecule has 5 nitrogen and oxygen atoms in total. The Labute approximate surface area is 195 Å². The van der Waals surface area contributed by atoms with Crippen LogP contribution in [0.2, 0.25) is 0 Å². The second-order valence-electron chi connectivity index (χ2n) is 7.29. The zero-order valence-corrected chi connectivity index (χ0v) is 18.5. The summed E-state index contributed by atoms with van der Waals surface area (Å²) in [6, 6.07) is 24.3. The Balaban J connectivity index is 1.55. The molecule has 0 spiro atoms. The summed E-state index contributed by atoms with van der Waals surface area (Å²) in [6.07, 6.45) is 1.55. The van der Waals surface area contributed by atoms with Crippen LogP contribution in [0.1, 0.15) is 21.5 Å². The molecule has 4 aromatic rings. The van der Waals surface area contributed by atoms with Gasteiger partial charge >= 0.3 is 5.97 Å². The van der Waals surface area contributed by atoms with Crippen LogP contribution in [0.3, 0.4) is 0 Å². The van der Waals surface area contributed by atoms with E-state index in [0.717, 1.165) is 16.3 Å². The molecule has 2 N–H and O–H groups in total. The molecular formula is C26H20FN3O2S. The lowest BCUT2D eigenvalue weighted by molar-refractivity contribution is 0.0734. The third-order valence-electron chi connectivity index (χ3n) is 4.88. The fourth-order valence-corrected chi connectivity index (χ4v) is 3.36. The summed E-state index contributed by atoms with van der Waals surface area (Å²) in [4.78, 5) is 12.7. The van der Waals surface area contributed by atoms with Crippen molar-refractivity contribution in [2.24, 2.45) is 5.10 Å². The minimum absolute atomic E-state index is 0.233. The van der Waals surface area contributed by atoms with Gasteiger partial charge in [0.25, 0.3) is 0 Å². The van der Waals surface area contributed by atoms with Gasteiger partial charge in [-0.2, -0.15) is 5.10 Å². The van der Waals surface area contributed by atoms with Crippen molar-refractivity contribution >= 4 is 46.0 Å². The van der Waals surface area contributed by atoms with E-state index < -0.39 is 5.97 Å². The molecule has 0 fully saturated rings. The number of ether oxygens (including phenoxy) is 1. The second kappa shape index (κ2) is 10.0. The summed E-state index contributed by atoms with van der Waals surface area (Å²) in [5.41, 5.74) is 5.50. The number of nitrogens with one attached hydrogen (secondary N) is 2. The maximum Gasteiger partial charge on any atom is 0.343 e. The van der Waals surface area contributed by atoms with Gasteiger partial charge in [-0.1, -0.05) is 48.0 Å². The van der Waals surface area contributed by atoms with Gasteiger partial charge in [0.05, 0.1) is 11.8 Å². The van der Waals surface area contributed by atoms with Gasteiger partial charge in [0.15, 0.2) is 5.11 Å². The molecule has 4 rings (SSSR count). The average Bonchev–Trinajstić information content (AvgIpc) is 2.82. The van der Waals surface area contributed by atoms with E-state index in [0.29, 0.717) is 22.6 Å². The van der Waals surface area contributed by atoms with Crippen LogP contribution < -0.4 is 15.5 Å². The highest BCUT2D eigenvalue weighted by Gasteiger charge is 2.13. The fourth-order valence-electron chi connectivity index (χ4n) is 3.19. The largest absolute Gasteiger partial charge is 0.422 e. The zero-order valence-electron chi connectivity index (χ0n) is 17.7. The number of carbonyl (C=O) groups excluding carboxylic acids is 1. The number of aryl methyl sites for hydroxylation is 1. The van der Waals surface area contributed by atoms with Crippen LogP contribution in [0.25, 0.3) is 10.8 Å². The lowest BCUT2D eigenvalue weighted by Gasteiger charge is -2.11. The van der Waals surface area contributed by atoms with Crippen molar-refractivity contribution in [3.8, 4) is 5.75 Å². The highest BCUT2D eigenvalue weighted by molar-refractivity contribution is 7.80. The van der Waals surface area contributed by atoms with Crippen molar-refractivity contribution in [1.29, 1.82) is 0 Å². The molecule has 4 aromatic carbocycles. The first-order valence-corrected chi connectivity index (χ1v) is 10.6. The molecule has 0 heterocycles. The van der Waals surface area contributed by atoms with E-state index in [2.05, 4.69) is 15.8 Å². The smallest absolute Gasteiger partial charge is 0.343 e. The van der Waals surface area contributed by atoms with Gasteiger partial charge in [0.2, 0.25) is 0 Å². The number of rotatable bonds is 5. The van der Waals surface area contributed by atoms with E-state index in [9.17, 15) is 9.18 Å². The molecule has 33 heavy (non-hydrogen) atoms. The molecule has 0 aliphatic heterocycles. The number of hydrogen-bond donors (Lipinski definition) is 2. The van der Waals surface area contributed by atoms with Crippen molar-refractivity contribution < 1.29 is 13.9 Å². The predicted octanol–water partition coefficient (Wildman–Crippen LogP) is 5.83. The second-order valence-corrected chi connectivity index (χ2v) is 7.69. The highest BCUT2D eigenvalue weighted by atomic mass is 32.1. The molecule has 0 unspecified atom stereocenters. The van der Waals surface area contributed by atoms with Gasteiger partial charge in [0, 0.05) is 11.3 Å². The van der Waals surface area contributed by atoms with Crippen LogP contribution in [-0.2, 0) is 0 Å². The summed E-state index contributed by atoms with van der Waals surface area (Å²) < 4.78 is 18.8. The van der Waals surface area contributed by atoms with E-state index >= 15 is 0 Å². The van der Waals surface area contributed by atoms with E-state index in [1.807, 2.05) is 49.4 Å². The molecule has 0 saturated heterocycles. The molecule has 0 atom stereocenters. The Morgan fingerprint density at radius 3 is 2.45 bits per heavy atom. The number of hydrazone groups is 1. The Morgan fingerprint density at radius 2 is 1.70 bits per heavy atom. The molecule has 0 aromatic heterocycles. The van der Waals surface area contributed by atoms with Crippen molar-refractivity contribution in [3.63, 3.8) is 0 Å². The first kappa shape index (κ1) is 22.1. The van der Waals surface area contributed by atoms with E-state index in [1.54, 1.807) is 36.5 Å². The van der Waals surface area contributed by atoms with Crippen LogP contribution in [0.15, 0.2) is 90.0 Å². The number of carbonyl (C=O) groups is 1. The molecule has 0 aliphatic carbocycles. The number of esters is 1. The van der Waals surface area contributed by atoms with Gasteiger partial charge < -0.3 is 10.1 Å². The first-order valence-electron chi connectivity index (χ1n) is 10.2. The van der Waals surface area contributed by atoms with Gasteiger partial charge in [-0.15, -0.1) is 0 Å². The average molecular weight is 458 g/mol. The molecule has 0 aliphatic rings. The zero-order chi connectivity index (χ0) is 23.2. The van der Waals surface area contributed by atoms with E-state index in [-0.39, 0.29) is 10.9 Å². The topological polar surface area (TPSA) is 62.7 Å². The van der Waals surface area contributed by atoms with Crippen molar-refractivity contribution in [2.45, 2.75) is 6.92 Å². The maximum atomic E-state index is 13.1. The Hall–Kier alpha value is -4.10. The third-order valence-corrected chi connectivity index (χ3v) is 5.08. The van der Waals surface area contributed by atoms with Crippen molar-refractivity contribution in [3.05, 3.63) is 107 Å². The summed E-state index contributed by atoms with van der Waals surface area (Å²) >= 11 is 5.24. The van der Waals surface area contributed by atoms with Crippen molar-refractivity contribution in [2.75, 3.05) is 5.32 Å². The third kappa shape index (κ3) is 5.58. The molecule has 7 heteroatoms. The monoisotopic (exact) mass is 457 g/mol. The number of fused-ring (bicyclic) bond motifs is 1. The molecule has 0 saturated carbocycles. The molecule has 0 radical (unpaired) electrons. The SMILES string of the molecule is Cc1ccc(C(=O)Oc2ccc3ccccc3c2/C=N/NC(=S)Nc2ccc(F)cc2)cc1. The first-order chi connectivity index (χ1) is 16.0. The van der Waals surface area contributed by atoms with Gasteiger partial charge in [-0.25, -0.2) is 9.18 Å². The Bertz CT molecular complexity index is 1340. The molecule has 0 amide bonds. The van der Waals surface area contributed by atoms with Crippen LogP contribution in [0.4, 0.5) is 10.1 Å². The van der Waals surface area contributed by atoms with E-state index in [1.165, 1.54) is 12.1 Å². The fraction of sp³-hybridized carbons (Fsp3) is 0.0385. The summed E-state index contributed by atoms with van der Waals surface area (Å²) in [7, 11) is 0. The van der Waals surface area contributed by atoms with Crippen LogP contribution >= 0.6 is 12.2 Å². The van der Waals surface area contributed by atoms with Crippen LogP contribution in [0, 0.1) is 12.7 Å². The molecule has 164 valence electrons. The summed E-state index contributed by atoms with van der Waals surface area (Å²) in [5.74, 6) is -0.412. The lowest BCUT2D eigenvalue weighted by atomic mass is 10.0. The maximum absolute atomic E-state index is 13.1. The Kier molecular flexibility index (Phi) is 6.71. The minimum Gasteiger partial charge on any atom is -0.422 e. The van der Waals surface area contributed by atoms with E-state index in [4.69, 9.17) is 17.0 Å². The van der Waals surface area contributed by atoms with Crippen LogP contribution in [-0.4, -0.2) is 17.3 Å². The van der Waals surface area contributed by atoms with Gasteiger partial charge in [-0.3, -0.25) is 5.43 Å². The van der Waals surface area contributed by atoms with Crippen LogP contribution in [0.5, 0.6) is 5.75 Å². The molecule has 0 bridgehead atoms.